The van der Waals surface area contributed by atoms with Crippen LogP contribution in [0.3, 0.4) is 0 Å². The summed E-state index contributed by atoms with van der Waals surface area (Å²) >= 11 is 0. The lowest BCUT2D eigenvalue weighted by Crippen LogP contribution is -2.43. The minimum Gasteiger partial charge on any atom is -0.368 e. The van der Waals surface area contributed by atoms with Crippen LogP contribution >= 0.6 is 0 Å². The van der Waals surface area contributed by atoms with Gasteiger partial charge in [0.1, 0.15) is 5.82 Å². The average Bonchev–Trinajstić information content (AvgIpc) is 2.93. The molecular weight excluding hydrogens is 306 g/mol. The molecule has 3 heterocycles. The molecule has 2 aromatic heterocycles. The average molecular weight is 327 g/mol. The molecule has 8 nitrogen and oxygen atoms in total. The molecular formula is C16H21N7O. The Labute approximate surface area is 140 Å². The van der Waals surface area contributed by atoms with Gasteiger partial charge in [-0.2, -0.15) is 10.1 Å². The first-order chi connectivity index (χ1) is 11.7. The SMILES string of the molecule is Nc1nccc(NCc2cc3n(n2)CCN(C(=O)C2CCC2)C3)n1. The number of nitrogen functional groups attached to an aromatic ring is 1. The van der Waals surface area contributed by atoms with Crippen molar-refractivity contribution in [3.63, 3.8) is 0 Å². The fraction of sp³-hybridized carbons (Fsp3) is 0.500. The van der Waals surface area contributed by atoms with E-state index in [1.807, 2.05) is 9.58 Å². The number of carbonyl (C=O) groups is 1. The molecule has 24 heavy (non-hydrogen) atoms. The Kier molecular flexibility index (Phi) is 3.79. The molecule has 0 bridgehead atoms. The Morgan fingerprint density at radius 1 is 1.38 bits per heavy atom. The highest BCUT2D eigenvalue weighted by atomic mass is 16.2. The molecule has 0 aromatic carbocycles. The Morgan fingerprint density at radius 2 is 2.25 bits per heavy atom. The number of carbonyl (C=O) groups excluding carboxylic acids is 1. The van der Waals surface area contributed by atoms with Gasteiger partial charge in [0.2, 0.25) is 11.9 Å². The van der Waals surface area contributed by atoms with Crippen LogP contribution in [0.5, 0.6) is 0 Å². The van der Waals surface area contributed by atoms with E-state index in [9.17, 15) is 4.79 Å². The molecule has 1 saturated carbocycles. The van der Waals surface area contributed by atoms with Crippen LogP contribution in [-0.2, 0) is 24.4 Å². The fourth-order valence-electron chi connectivity index (χ4n) is 3.17. The van der Waals surface area contributed by atoms with Crippen molar-refractivity contribution in [2.45, 2.75) is 38.9 Å². The maximum Gasteiger partial charge on any atom is 0.226 e. The number of anilines is 2. The van der Waals surface area contributed by atoms with E-state index in [4.69, 9.17) is 5.73 Å². The molecule has 2 aromatic rings. The summed E-state index contributed by atoms with van der Waals surface area (Å²) in [4.78, 5) is 22.3. The van der Waals surface area contributed by atoms with Gasteiger partial charge in [0.25, 0.3) is 0 Å². The fourth-order valence-corrected chi connectivity index (χ4v) is 3.17. The van der Waals surface area contributed by atoms with Crippen LogP contribution in [0.15, 0.2) is 18.3 Å². The molecule has 0 unspecified atom stereocenters. The van der Waals surface area contributed by atoms with Gasteiger partial charge < -0.3 is 16.0 Å². The molecule has 0 radical (unpaired) electrons. The maximum atomic E-state index is 12.4. The molecule has 0 atom stereocenters. The monoisotopic (exact) mass is 327 g/mol. The third kappa shape index (κ3) is 2.91. The predicted molar refractivity (Wildman–Crippen MR) is 88.8 cm³/mol. The number of rotatable bonds is 4. The van der Waals surface area contributed by atoms with Crippen LogP contribution in [0, 0.1) is 5.92 Å². The Bertz CT molecular complexity index is 753. The Balaban J connectivity index is 1.40. The highest BCUT2D eigenvalue weighted by Gasteiger charge is 2.31. The molecule has 3 N–H and O–H groups in total. The van der Waals surface area contributed by atoms with Crippen LogP contribution in [0.25, 0.3) is 0 Å². The molecule has 126 valence electrons. The quantitative estimate of drug-likeness (QED) is 0.869. The van der Waals surface area contributed by atoms with Crippen LogP contribution in [0.4, 0.5) is 11.8 Å². The number of nitrogens with two attached hydrogens (primary N) is 1. The largest absolute Gasteiger partial charge is 0.368 e. The maximum absolute atomic E-state index is 12.4. The van der Waals surface area contributed by atoms with Crippen molar-refractivity contribution >= 4 is 17.7 Å². The first-order valence-corrected chi connectivity index (χ1v) is 8.36. The van der Waals surface area contributed by atoms with E-state index in [1.54, 1.807) is 12.3 Å². The molecule has 2 aliphatic rings. The summed E-state index contributed by atoms with van der Waals surface area (Å²) in [6.07, 6.45) is 4.90. The molecule has 1 amide bonds. The summed E-state index contributed by atoms with van der Waals surface area (Å²) in [5.74, 6) is 1.48. The summed E-state index contributed by atoms with van der Waals surface area (Å²) < 4.78 is 2.00. The van der Waals surface area contributed by atoms with Gasteiger partial charge in [0.15, 0.2) is 0 Å². The zero-order valence-electron chi connectivity index (χ0n) is 13.5. The number of hydrogen-bond donors (Lipinski definition) is 2. The lowest BCUT2D eigenvalue weighted by Gasteiger charge is -2.34. The van der Waals surface area contributed by atoms with E-state index >= 15 is 0 Å². The van der Waals surface area contributed by atoms with E-state index in [1.165, 1.54) is 6.42 Å². The number of hydrogen-bond acceptors (Lipinski definition) is 6. The smallest absolute Gasteiger partial charge is 0.226 e. The zero-order valence-corrected chi connectivity index (χ0v) is 13.5. The zero-order chi connectivity index (χ0) is 16.5. The van der Waals surface area contributed by atoms with Gasteiger partial charge in [-0.1, -0.05) is 6.42 Å². The summed E-state index contributed by atoms with van der Waals surface area (Å²) in [6.45, 7) is 2.73. The van der Waals surface area contributed by atoms with Crippen molar-refractivity contribution in [1.29, 1.82) is 0 Å². The third-order valence-corrected chi connectivity index (χ3v) is 4.74. The first-order valence-electron chi connectivity index (χ1n) is 8.36. The third-order valence-electron chi connectivity index (χ3n) is 4.74. The Hall–Kier alpha value is -2.64. The summed E-state index contributed by atoms with van der Waals surface area (Å²) in [7, 11) is 0. The number of aromatic nitrogens is 4. The van der Waals surface area contributed by atoms with Crippen LogP contribution < -0.4 is 11.1 Å². The lowest BCUT2D eigenvalue weighted by molar-refractivity contribution is -0.139. The van der Waals surface area contributed by atoms with E-state index < -0.39 is 0 Å². The van der Waals surface area contributed by atoms with E-state index in [0.717, 1.165) is 37.3 Å². The van der Waals surface area contributed by atoms with E-state index in [0.29, 0.717) is 24.8 Å². The number of amides is 1. The lowest BCUT2D eigenvalue weighted by atomic mass is 9.84. The van der Waals surface area contributed by atoms with Crippen molar-refractivity contribution < 1.29 is 4.79 Å². The predicted octanol–water partition coefficient (Wildman–Crippen LogP) is 1.01. The number of fused-ring (bicyclic) bond motifs is 1. The van der Waals surface area contributed by atoms with E-state index in [-0.39, 0.29) is 11.9 Å². The number of nitrogens with one attached hydrogen (secondary N) is 1. The molecule has 1 fully saturated rings. The summed E-state index contributed by atoms with van der Waals surface area (Å²) in [5, 5.41) is 7.80. The molecule has 0 spiro atoms. The second-order valence-electron chi connectivity index (χ2n) is 6.39. The van der Waals surface area contributed by atoms with Gasteiger partial charge in [-0.25, -0.2) is 4.98 Å². The van der Waals surface area contributed by atoms with Crippen molar-refractivity contribution in [3.8, 4) is 0 Å². The van der Waals surface area contributed by atoms with Gasteiger partial charge in [-0.15, -0.1) is 0 Å². The van der Waals surface area contributed by atoms with Crippen LogP contribution in [-0.4, -0.2) is 37.1 Å². The molecule has 0 saturated heterocycles. The van der Waals surface area contributed by atoms with Crippen molar-refractivity contribution in [3.05, 3.63) is 29.7 Å². The summed E-state index contributed by atoms with van der Waals surface area (Å²) in [6, 6.07) is 3.82. The van der Waals surface area contributed by atoms with Crippen LogP contribution in [0.1, 0.15) is 30.7 Å². The van der Waals surface area contributed by atoms with Gasteiger partial charge in [-0.05, 0) is 25.0 Å². The topological polar surface area (TPSA) is 102 Å². The number of nitrogens with zero attached hydrogens (tertiary/aromatic N) is 5. The van der Waals surface area contributed by atoms with Crippen LogP contribution in [0.2, 0.25) is 0 Å². The molecule has 1 aliphatic carbocycles. The highest BCUT2D eigenvalue weighted by Crippen LogP contribution is 2.29. The minimum absolute atomic E-state index is 0.245. The van der Waals surface area contributed by atoms with Crippen molar-refractivity contribution in [2.24, 2.45) is 5.92 Å². The van der Waals surface area contributed by atoms with Crippen molar-refractivity contribution in [2.75, 3.05) is 17.6 Å². The first kappa shape index (κ1) is 14.9. The van der Waals surface area contributed by atoms with E-state index in [2.05, 4.69) is 26.4 Å². The van der Waals surface area contributed by atoms with Gasteiger partial charge in [0, 0.05) is 18.7 Å². The Morgan fingerprint density at radius 3 is 3.00 bits per heavy atom. The molecule has 4 rings (SSSR count). The molecule has 8 heteroatoms. The van der Waals surface area contributed by atoms with Gasteiger partial charge in [0.05, 0.1) is 31.0 Å². The summed E-state index contributed by atoms with van der Waals surface area (Å²) in [5.41, 5.74) is 7.59. The second-order valence-corrected chi connectivity index (χ2v) is 6.39. The van der Waals surface area contributed by atoms with Gasteiger partial charge in [-0.3, -0.25) is 9.48 Å². The van der Waals surface area contributed by atoms with Crippen molar-refractivity contribution in [1.82, 2.24) is 24.6 Å². The standard InChI is InChI=1S/C16H21N7O/c17-16-18-5-4-14(20-16)19-9-12-8-13-10-22(6-7-23(13)21-12)15(24)11-2-1-3-11/h4-5,8,11H,1-3,6-7,9-10H2,(H3,17,18,19,20). The normalized spacial score (nSPS) is 17.2. The second kappa shape index (κ2) is 6.10. The van der Waals surface area contributed by atoms with Gasteiger partial charge >= 0.3 is 0 Å². The minimum atomic E-state index is 0.245. The highest BCUT2D eigenvalue weighted by molar-refractivity contribution is 5.79. The molecule has 1 aliphatic heterocycles.